The molecule has 3 aromatic carbocycles. The smallest absolute Gasteiger partial charge is 0.408 e. The van der Waals surface area contributed by atoms with Gasteiger partial charge in [0.15, 0.2) is 6.04 Å². The molecule has 4 rings (SSSR count). The lowest BCUT2D eigenvalue weighted by molar-refractivity contribution is -0.139. The van der Waals surface area contributed by atoms with Gasteiger partial charge in [0.1, 0.15) is 6.61 Å². The van der Waals surface area contributed by atoms with Crippen LogP contribution in [0.15, 0.2) is 66.7 Å². The zero-order chi connectivity index (χ0) is 21.3. The summed E-state index contributed by atoms with van der Waals surface area (Å²) in [5.74, 6) is -1.20. The van der Waals surface area contributed by atoms with Gasteiger partial charge in [0, 0.05) is 5.92 Å². The Labute approximate surface area is 175 Å². The van der Waals surface area contributed by atoms with Gasteiger partial charge in [0.25, 0.3) is 0 Å². The summed E-state index contributed by atoms with van der Waals surface area (Å²) >= 11 is 0. The summed E-state index contributed by atoms with van der Waals surface area (Å²) in [4.78, 5) is 24.4. The molecule has 152 valence electrons. The number of benzene rings is 3. The van der Waals surface area contributed by atoms with Gasteiger partial charge in [-0.2, -0.15) is 0 Å². The Bertz CT molecular complexity index is 1060. The van der Waals surface area contributed by atoms with Gasteiger partial charge in [-0.25, -0.2) is 9.59 Å². The SMILES string of the molecule is Cc1cccc(C)c1C(NC(=O)OCC1c2ccccc2-c2ccccc21)C(=O)O. The van der Waals surface area contributed by atoms with E-state index in [1.807, 2.05) is 68.4 Å². The Morgan fingerprint density at radius 1 is 0.900 bits per heavy atom. The van der Waals surface area contributed by atoms with E-state index in [4.69, 9.17) is 4.74 Å². The number of carbonyl (C=O) groups is 2. The second kappa shape index (κ2) is 8.03. The molecule has 2 N–H and O–H groups in total. The van der Waals surface area contributed by atoms with Crippen LogP contribution in [-0.2, 0) is 9.53 Å². The maximum Gasteiger partial charge on any atom is 0.408 e. The Kier molecular flexibility index (Phi) is 5.27. The van der Waals surface area contributed by atoms with Crippen molar-refractivity contribution in [2.75, 3.05) is 6.61 Å². The van der Waals surface area contributed by atoms with Gasteiger partial charge in [-0.05, 0) is 52.8 Å². The lowest BCUT2D eigenvalue weighted by Gasteiger charge is -2.20. The Balaban J connectivity index is 1.52. The number of aliphatic carboxylic acids is 1. The number of nitrogens with one attached hydrogen (secondary N) is 1. The predicted molar refractivity (Wildman–Crippen MR) is 114 cm³/mol. The highest BCUT2D eigenvalue weighted by atomic mass is 16.5. The van der Waals surface area contributed by atoms with Crippen LogP contribution in [0.2, 0.25) is 0 Å². The van der Waals surface area contributed by atoms with Crippen molar-refractivity contribution < 1.29 is 19.4 Å². The van der Waals surface area contributed by atoms with Gasteiger partial charge in [0.05, 0.1) is 0 Å². The van der Waals surface area contributed by atoms with E-state index in [1.54, 1.807) is 0 Å². The number of aryl methyl sites for hydroxylation is 2. The number of hydrogen-bond acceptors (Lipinski definition) is 3. The van der Waals surface area contributed by atoms with Gasteiger partial charge in [-0.1, -0.05) is 66.7 Å². The first-order chi connectivity index (χ1) is 14.5. The van der Waals surface area contributed by atoms with Crippen molar-refractivity contribution in [1.29, 1.82) is 0 Å². The molecule has 3 aromatic rings. The summed E-state index contributed by atoms with van der Waals surface area (Å²) in [6.07, 6.45) is -0.744. The largest absolute Gasteiger partial charge is 0.479 e. The fourth-order valence-electron chi connectivity index (χ4n) is 4.30. The lowest BCUT2D eigenvalue weighted by atomic mass is 9.96. The van der Waals surface area contributed by atoms with Crippen LogP contribution in [0.3, 0.4) is 0 Å². The van der Waals surface area contributed by atoms with Crippen LogP contribution in [-0.4, -0.2) is 23.8 Å². The zero-order valence-corrected chi connectivity index (χ0v) is 16.9. The van der Waals surface area contributed by atoms with E-state index in [-0.39, 0.29) is 12.5 Å². The molecule has 0 fully saturated rings. The first kappa shape index (κ1) is 19.7. The minimum atomic E-state index is -1.16. The molecular formula is C25H23NO4. The van der Waals surface area contributed by atoms with Gasteiger partial charge < -0.3 is 15.2 Å². The van der Waals surface area contributed by atoms with Gasteiger partial charge in [0.2, 0.25) is 0 Å². The summed E-state index contributed by atoms with van der Waals surface area (Å²) in [6, 6.07) is 20.5. The topological polar surface area (TPSA) is 75.6 Å². The lowest BCUT2D eigenvalue weighted by Crippen LogP contribution is -2.35. The van der Waals surface area contributed by atoms with Crippen molar-refractivity contribution >= 4 is 12.1 Å². The number of carboxylic acid groups (broad SMARTS) is 1. The molecule has 0 aliphatic heterocycles. The molecule has 0 spiro atoms. The highest BCUT2D eigenvalue weighted by Gasteiger charge is 2.30. The summed E-state index contributed by atoms with van der Waals surface area (Å²) < 4.78 is 5.51. The van der Waals surface area contributed by atoms with Crippen molar-refractivity contribution in [3.05, 3.63) is 94.5 Å². The molecule has 0 saturated carbocycles. The molecule has 1 amide bonds. The highest BCUT2D eigenvalue weighted by Crippen LogP contribution is 2.44. The Hall–Kier alpha value is -3.60. The van der Waals surface area contributed by atoms with Crippen LogP contribution >= 0.6 is 0 Å². The number of hydrogen-bond donors (Lipinski definition) is 2. The second-order valence-corrected chi connectivity index (χ2v) is 7.55. The molecule has 1 aliphatic rings. The van der Waals surface area contributed by atoms with E-state index in [1.165, 1.54) is 0 Å². The average molecular weight is 401 g/mol. The minimum absolute atomic E-state index is 0.0772. The van der Waals surface area contributed by atoms with Crippen molar-refractivity contribution in [2.24, 2.45) is 0 Å². The molecule has 30 heavy (non-hydrogen) atoms. The number of fused-ring (bicyclic) bond motifs is 3. The number of alkyl carbamates (subject to hydrolysis) is 1. The Morgan fingerprint density at radius 3 is 1.97 bits per heavy atom. The first-order valence-corrected chi connectivity index (χ1v) is 9.87. The van der Waals surface area contributed by atoms with Gasteiger partial charge >= 0.3 is 12.1 Å². The number of carboxylic acids is 1. The second-order valence-electron chi connectivity index (χ2n) is 7.55. The quantitative estimate of drug-likeness (QED) is 0.633. The third-order valence-corrected chi connectivity index (χ3v) is 5.68. The van der Waals surface area contributed by atoms with Gasteiger partial charge in [-0.15, -0.1) is 0 Å². The maximum absolute atomic E-state index is 12.5. The van der Waals surface area contributed by atoms with Crippen molar-refractivity contribution in [2.45, 2.75) is 25.8 Å². The Morgan fingerprint density at radius 2 is 1.43 bits per heavy atom. The number of rotatable bonds is 5. The van der Waals surface area contributed by atoms with E-state index >= 15 is 0 Å². The van der Waals surface area contributed by atoms with E-state index < -0.39 is 18.1 Å². The standard InChI is InChI=1S/C25H23NO4/c1-15-8-7-9-16(2)22(15)23(24(27)28)26-25(29)30-14-21-19-12-5-3-10-17(19)18-11-4-6-13-20(18)21/h3-13,21,23H,14H2,1-2H3,(H,26,29)(H,27,28). The third kappa shape index (κ3) is 3.54. The van der Waals surface area contributed by atoms with Crippen LogP contribution in [0, 0.1) is 13.8 Å². The van der Waals surface area contributed by atoms with E-state index in [9.17, 15) is 14.7 Å². The molecule has 0 aromatic heterocycles. The summed E-state index contributed by atoms with van der Waals surface area (Å²) in [5.41, 5.74) is 6.69. The zero-order valence-electron chi connectivity index (χ0n) is 16.9. The normalized spacial score (nSPS) is 13.3. The molecular weight excluding hydrogens is 378 g/mol. The first-order valence-electron chi connectivity index (χ1n) is 9.87. The maximum atomic E-state index is 12.5. The van der Waals surface area contributed by atoms with E-state index in [0.717, 1.165) is 33.4 Å². The van der Waals surface area contributed by atoms with Crippen molar-refractivity contribution in [3.8, 4) is 11.1 Å². The van der Waals surface area contributed by atoms with Crippen LogP contribution < -0.4 is 5.32 Å². The third-order valence-electron chi connectivity index (χ3n) is 5.68. The number of carbonyl (C=O) groups excluding carboxylic acids is 1. The average Bonchev–Trinajstić information content (AvgIpc) is 3.05. The molecule has 0 radical (unpaired) electrons. The van der Waals surface area contributed by atoms with E-state index in [0.29, 0.717) is 5.56 Å². The molecule has 0 bridgehead atoms. The van der Waals surface area contributed by atoms with Crippen LogP contribution in [0.4, 0.5) is 4.79 Å². The summed E-state index contributed by atoms with van der Waals surface area (Å²) in [5, 5.41) is 12.2. The molecule has 0 heterocycles. The summed E-state index contributed by atoms with van der Waals surface area (Å²) in [6.45, 7) is 3.80. The van der Waals surface area contributed by atoms with Gasteiger partial charge in [-0.3, -0.25) is 0 Å². The molecule has 0 saturated heterocycles. The molecule has 5 nitrogen and oxygen atoms in total. The molecule has 1 aliphatic carbocycles. The summed E-state index contributed by atoms with van der Waals surface area (Å²) in [7, 11) is 0. The molecule has 1 atom stereocenters. The van der Waals surface area contributed by atoms with E-state index in [2.05, 4.69) is 17.4 Å². The molecule has 1 unspecified atom stereocenters. The van der Waals surface area contributed by atoms with Crippen LogP contribution in [0.1, 0.15) is 39.8 Å². The molecule has 5 heteroatoms. The van der Waals surface area contributed by atoms with Crippen molar-refractivity contribution in [1.82, 2.24) is 5.32 Å². The fraction of sp³-hybridized carbons (Fsp3) is 0.200. The van der Waals surface area contributed by atoms with Crippen molar-refractivity contribution in [3.63, 3.8) is 0 Å². The highest BCUT2D eigenvalue weighted by molar-refractivity contribution is 5.83. The minimum Gasteiger partial charge on any atom is -0.479 e. The fourth-order valence-corrected chi connectivity index (χ4v) is 4.30. The van der Waals surface area contributed by atoms with Crippen LogP contribution in [0.5, 0.6) is 0 Å². The number of ether oxygens (including phenoxy) is 1. The van der Waals surface area contributed by atoms with Crippen LogP contribution in [0.25, 0.3) is 11.1 Å². The number of amides is 1. The monoisotopic (exact) mass is 401 g/mol. The predicted octanol–water partition coefficient (Wildman–Crippen LogP) is 4.97.